The van der Waals surface area contributed by atoms with Crippen LogP contribution in [0.2, 0.25) is 0 Å². The van der Waals surface area contributed by atoms with Crippen LogP contribution in [-0.4, -0.2) is 50.1 Å². The zero-order valence-corrected chi connectivity index (χ0v) is 7.98. The minimum absolute atomic E-state index is 0.166. The normalized spacial score (nSPS) is 30.7. The van der Waals surface area contributed by atoms with Gasteiger partial charge < -0.3 is 5.32 Å². The van der Waals surface area contributed by atoms with Crippen molar-refractivity contribution >= 4 is 5.78 Å². The Labute approximate surface area is 73.3 Å². The summed E-state index contributed by atoms with van der Waals surface area (Å²) < 4.78 is 0. The number of carbonyl (C=O) groups excluding carboxylic acids is 1. The van der Waals surface area contributed by atoms with Crippen molar-refractivity contribution in [2.75, 3.05) is 33.7 Å². The fraction of sp³-hybridized carbons (Fsp3) is 0.875. The van der Waals surface area contributed by atoms with Crippen molar-refractivity contribution in [1.29, 1.82) is 0 Å². The van der Waals surface area contributed by atoms with Crippen LogP contribution in [0.15, 0.2) is 0 Å². The van der Waals surface area contributed by atoms with Crippen molar-refractivity contribution in [2.24, 2.45) is 0 Å². The lowest BCUT2D eigenvalue weighted by molar-refractivity contribution is -0.130. The summed E-state index contributed by atoms with van der Waals surface area (Å²) in [4.78, 5) is 13.4. The molecule has 1 saturated heterocycles. The summed E-state index contributed by atoms with van der Waals surface area (Å²) in [5, 5.41) is 6.46. The number of carbonyl (C=O) groups is 1. The van der Waals surface area contributed by atoms with Gasteiger partial charge in [0.15, 0.2) is 5.78 Å². The molecular weight excluding hydrogens is 154 g/mol. The van der Waals surface area contributed by atoms with Gasteiger partial charge in [-0.2, -0.15) is 0 Å². The van der Waals surface area contributed by atoms with E-state index in [1.54, 1.807) is 6.92 Å². The predicted octanol–water partition coefficient (Wildman–Crippen LogP) is -0.974. The monoisotopic (exact) mass is 171 g/mol. The Kier molecular flexibility index (Phi) is 2.82. The average molecular weight is 171 g/mol. The molecule has 0 radical (unpaired) electrons. The molecule has 0 saturated carbocycles. The highest BCUT2D eigenvalue weighted by molar-refractivity contribution is 5.86. The molecule has 1 fully saturated rings. The molecule has 1 aliphatic rings. The van der Waals surface area contributed by atoms with Crippen molar-refractivity contribution in [2.45, 2.75) is 12.6 Å². The summed E-state index contributed by atoms with van der Waals surface area (Å²) in [5.74, 6) is 0.166. The van der Waals surface area contributed by atoms with Crippen LogP contribution >= 0.6 is 0 Å². The van der Waals surface area contributed by atoms with Crippen molar-refractivity contribution < 1.29 is 4.79 Å². The third-order valence-corrected chi connectivity index (χ3v) is 2.45. The van der Waals surface area contributed by atoms with Gasteiger partial charge in [0, 0.05) is 19.6 Å². The highest BCUT2D eigenvalue weighted by Crippen LogP contribution is 2.10. The van der Waals surface area contributed by atoms with Gasteiger partial charge in [0.05, 0.1) is 0 Å². The molecule has 0 aromatic carbocycles. The molecule has 1 unspecified atom stereocenters. The topological polar surface area (TPSA) is 44.4 Å². The summed E-state index contributed by atoms with van der Waals surface area (Å²) in [6.07, 6.45) is 0. The molecule has 2 N–H and O–H groups in total. The van der Waals surface area contributed by atoms with Crippen molar-refractivity contribution in [3.05, 3.63) is 0 Å². The lowest BCUT2D eigenvalue weighted by Crippen LogP contribution is -2.69. The Bertz CT molecular complexity index is 173. The standard InChI is InChI=1S/C8H17N3O/c1-7(12)8(11(2)3)6-9-4-5-10-8/h9-10H,4-6H2,1-3H3. The SMILES string of the molecule is CC(=O)C1(N(C)C)CNCCN1. The van der Waals surface area contributed by atoms with Gasteiger partial charge >= 0.3 is 0 Å². The third-order valence-electron chi connectivity index (χ3n) is 2.45. The molecule has 0 aromatic rings. The molecule has 1 heterocycles. The highest BCUT2D eigenvalue weighted by Gasteiger charge is 2.38. The van der Waals surface area contributed by atoms with E-state index in [1.807, 2.05) is 19.0 Å². The average Bonchev–Trinajstić information content (AvgIpc) is 2.05. The van der Waals surface area contributed by atoms with Crippen LogP contribution in [0.25, 0.3) is 0 Å². The van der Waals surface area contributed by atoms with Gasteiger partial charge in [-0.25, -0.2) is 0 Å². The predicted molar refractivity (Wildman–Crippen MR) is 48.0 cm³/mol. The van der Waals surface area contributed by atoms with Crippen LogP contribution in [0.4, 0.5) is 0 Å². The summed E-state index contributed by atoms with van der Waals surface area (Å²) in [6.45, 7) is 4.09. The number of ketones is 1. The van der Waals surface area contributed by atoms with E-state index in [1.165, 1.54) is 0 Å². The fourth-order valence-corrected chi connectivity index (χ4v) is 1.57. The Morgan fingerprint density at radius 3 is 2.33 bits per heavy atom. The van der Waals surface area contributed by atoms with E-state index in [2.05, 4.69) is 10.6 Å². The number of hydrogen-bond acceptors (Lipinski definition) is 4. The fourth-order valence-electron chi connectivity index (χ4n) is 1.57. The lowest BCUT2D eigenvalue weighted by atomic mass is 10.0. The third kappa shape index (κ3) is 1.50. The summed E-state index contributed by atoms with van der Waals surface area (Å²) in [7, 11) is 3.84. The van der Waals surface area contributed by atoms with E-state index in [0.29, 0.717) is 6.54 Å². The number of Topliss-reactive ketones (excluding diaryl/α,β-unsaturated/α-hetero) is 1. The summed E-state index contributed by atoms with van der Waals surface area (Å²) in [6, 6.07) is 0. The van der Waals surface area contributed by atoms with Gasteiger partial charge in [-0.15, -0.1) is 0 Å². The second kappa shape index (κ2) is 3.51. The molecule has 4 heteroatoms. The first kappa shape index (κ1) is 9.64. The van der Waals surface area contributed by atoms with Crippen molar-refractivity contribution in [3.63, 3.8) is 0 Å². The molecule has 0 aromatic heterocycles. The van der Waals surface area contributed by atoms with Gasteiger partial charge in [-0.1, -0.05) is 0 Å². The van der Waals surface area contributed by atoms with Crippen LogP contribution in [0.3, 0.4) is 0 Å². The van der Waals surface area contributed by atoms with Gasteiger partial charge in [0.25, 0.3) is 0 Å². The Morgan fingerprint density at radius 1 is 1.42 bits per heavy atom. The van der Waals surface area contributed by atoms with Crippen LogP contribution in [-0.2, 0) is 4.79 Å². The van der Waals surface area contributed by atoms with E-state index in [-0.39, 0.29) is 5.78 Å². The van der Waals surface area contributed by atoms with Crippen LogP contribution in [0.5, 0.6) is 0 Å². The molecule has 4 nitrogen and oxygen atoms in total. The number of hydrogen-bond donors (Lipinski definition) is 2. The van der Waals surface area contributed by atoms with E-state index in [4.69, 9.17) is 0 Å². The molecule has 0 aliphatic carbocycles. The molecule has 1 aliphatic heterocycles. The second-order valence-electron chi connectivity index (χ2n) is 3.41. The number of rotatable bonds is 2. The number of nitrogens with zero attached hydrogens (tertiary/aromatic N) is 1. The van der Waals surface area contributed by atoms with E-state index >= 15 is 0 Å². The Hall–Kier alpha value is -0.450. The maximum atomic E-state index is 11.4. The number of likely N-dealkylation sites (N-methyl/N-ethyl adjacent to an activating group) is 1. The first-order chi connectivity index (χ1) is 5.59. The van der Waals surface area contributed by atoms with E-state index < -0.39 is 5.66 Å². The molecule has 0 spiro atoms. The highest BCUT2D eigenvalue weighted by atomic mass is 16.1. The second-order valence-corrected chi connectivity index (χ2v) is 3.41. The Balaban J connectivity index is 2.77. The zero-order valence-electron chi connectivity index (χ0n) is 7.98. The first-order valence-electron chi connectivity index (χ1n) is 4.24. The minimum atomic E-state index is -0.488. The van der Waals surface area contributed by atoms with E-state index in [9.17, 15) is 4.79 Å². The molecule has 1 rings (SSSR count). The molecule has 1 atom stereocenters. The Morgan fingerprint density at radius 2 is 2.08 bits per heavy atom. The van der Waals surface area contributed by atoms with Crippen LogP contribution in [0, 0.1) is 0 Å². The minimum Gasteiger partial charge on any atom is -0.312 e. The maximum Gasteiger partial charge on any atom is 0.165 e. The number of piperazine rings is 1. The van der Waals surface area contributed by atoms with Crippen LogP contribution < -0.4 is 10.6 Å². The molecule has 12 heavy (non-hydrogen) atoms. The van der Waals surface area contributed by atoms with Gasteiger partial charge in [-0.05, 0) is 21.0 Å². The van der Waals surface area contributed by atoms with Crippen molar-refractivity contribution in [1.82, 2.24) is 15.5 Å². The zero-order chi connectivity index (χ0) is 9.19. The summed E-state index contributed by atoms with van der Waals surface area (Å²) >= 11 is 0. The van der Waals surface area contributed by atoms with E-state index in [0.717, 1.165) is 13.1 Å². The largest absolute Gasteiger partial charge is 0.312 e. The van der Waals surface area contributed by atoms with Crippen molar-refractivity contribution in [3.8, 4) is 0 Å². The quantitative estimate of drug-likeness (QED) is 0.561. The first-order valence-corrected chi connectivity index (χ1v) is 4.24. The molecule has 70 valence electrons. The van der Waals surface area contributed by atoms with Gasteiger partial charge in [-0.3, -0.25) is 15.0 Å². The van der Waals surface area contributed by atoms with Crippen LogP contribution in [0.1, 0.15) is 6.92 Å². The molecular formula is C8H17N3O. The smallest absolute Gasteiger partial charge is 0.165 e. The molecule has 0 amide bonds. The number of nitrogens with one attached hydrogen (secondary N) is 2. The molecule has 0 bridgehead atoms. The lowest BCUT2D eigenvalue weighted by Gasteiger charge is -2.41. The maximum absolute atomic E-state index is 11.4. The van der Waals surface area contributed by atoms with Gasteiger partial charge in [0.1, 0.15) is 5.66 Å². The summed E-state index contributed by atoms with van der Waals surface area (Å²) in [5.41, 5.74) is -0.488. The van der Waals surface area contributed by atoms with Gasteiger partial charge in [0.2, 0.25) is 0 Å².